The topological polar surface area (TPSA) is 127 Å². The summed E-state index contributed by atoms with van der Waals surface area (Å²) in [6.07, 6.45) is 2.44. The second-order valence-corrected chi connectivity index (χ2v) is 11.4. The fourth-order valence-electron chi connectivity index (χ4n) is 5.57. The van der Waals surface area contributed by atoms with E-state index < -0.39 is 17.8 Å². The Morgan fingerprint density at radius 1 is 0.868 bits per heavy atom. The van der Waals surface area contributed by atoms with Gasteiger partial charge in [0.15, 0.2) is 17.8 Å². The number of nitrogens with zero attached hydrogens (tertiary/aromatic N) is 3. The van der Waals surface area contributed by atoms with E-state index in [1.54, 1.807) is 71.9 Å². The number of halogens is 3. The molecule has 0 saturated carbocycles. The standard InChI is InChI=1S/C31H32F3N5O4.C6H5NO.C2H6/c1-35-19-10-13-39(14-11-19)26-8-7-21(16-24(26)31(32,33)34)38-30(40)37-20-5-4-6-22(15-20)43-27-9-12-36-25-18-29(42-3)28(41-2)17-23(25)27;8-5-6-2-1-3-7-4-6;1-2/h4-9,12,15-19,35H,10-11,13-14H2,1-3H3,(H2,37,38,40);1-5H;1-2H3. The first kappa shape index (κ1) is 39.9. The van der Waals surface area contributed by atoms with E-state index in [9.17, 15) is 22.8 Å². The van der Waals surface area contributed by atoms with Gasteiger partial charge in [-0.25, -0.2) is 4.79 Å². The Morgan fingerprint density at radius 3 is 2.17 bits per heavy atom. The van der Waals surface area contributed by atoms with Crippen molar-refractivity contribution in [2.75, 3.05) is 49.9 Å². The quantitative estimate of drug-likeness (QED) is 0.127. The maximum absolute atomic E-state index is 14.0. The van der Waals surface area contributed by atoms with E-state index in [-0.39, 0.29) is 17.4 Å². The van der Waals surface area contributed by atoms with E-state index in [1.807, 2.05) is 20.9 Å². The van der Waals surface area contributed by atoms with Gasteiger partial charge in [0.05, 0.1) is 25.3 Å². The summed E-state index contributed by atoms with van der Waals surface area (Å²) >= 11 is 0. The van der Waals surface area contributed by atoms with Crippen molar-refractivity contribution < 1.29 is 37.0 Å². The Bertz CT molecular complexity index is 1950. The van der Waals surface area contributed by atoms with E-state index >= 15 is 0 Å². The molecule has 0 radical (unpaired) electrons. The highest BCUT2D eigenvalue weighted by Crippen LogP contribution is 2.40. The van der Waals surface area contributed by atoms with Crippen molar-refractivity contribution in [1.82, 2.24) is 15.3 Å². The number of pyridine rings is 2. The van der Waals surface area contributed by atoms with Gasteiger partial charge in [0, 0.05) is 77.9 Å². The minimum Gasteiger partial charge on any atom is -0.493 e. The third-order valence-electron chi connectivity index (χ3n) is 8.15. The van der Waals surface area contributed by atoms with Crippen LogP contribution in [0.3, 0.4) is 0 Å². The molecule has 6 rings (SSSR count). The van der Waals surface area contributed by atoms with Crippen LogP contribution in [0, 0.1) is 0 Å². The van der Waals surface area contributed by atoms with Crippen LogP contribution in [0.25, 0.3) is 10.9 Å². The number of hydrogen-bond acceptors (Lipinski definition) is 9. The van der Waals surface area contributed by atoms with E-state index in [2.05, 4.69) is 25.9 Å². The Hall–Kier alpha value is -5.89. The number of alkyl halides is 3. The molecule has 11 nitrogen and oxygen atoms in total. The third-order valence-corrected chi connectivity index (χ3v) is 8.15. The number of hydrogen-bond donors (Lipinski definition) is 3. The second kappa shape index (κ2) is 19.1. The summed E-state index contributed by atoms with van der Waals surface area (Å²) in [7, 11) is 4.93. The van der Waals surface area contributed by atoms with Crippen molar-refractivity contribution in [2.45, 2.75) is 38.9 Å². The van der Waals surface area contributed by atoms with Crippen LogP contribution < -0.4 is 35.1 Å². The maximum atomic E-state index is 14.0. The molecule has 2 amide bonds. The predicted molar refractivity (Wildman–Crippen MR) is 201 cm³/mol. The molecule has 0 bridgehead atoms. The minimum atomic E-state index is -4.58. The zero-order valence-electron chi connectivity index (χ0n) is 30.2. The summed E-state index contributed by atoms with van der Waals surface area (Å²) in [6, 6.07) is 18.7. The first-order valence-electron chi connectivity index (χ1n) is 17.0. The first-order valence-corrected chi connectivity index (χ1v) is 17.0. The third kappa shape index (κ3) is 10.8. The van der Waals surface area contributed by atoms with Crippen molar-refractivity contribution >= 4 is 40.3 Å². The molecule has 1 aliphatic heterocycles. The number of aldehydes is 1. The fraction of sp³-hybridized carbons (Fsp3) is 0.282. The van der Waals surface area contributed by atoms with Crippen LogP contribution in [-0.2, 0) is 6.18 Å². The van der Waals surface area contributed by atoms with Gasteiger partial charge in [-0.3, -0.25) is 14.8 Å². The van der Waals surface area contributed by atoms with Gasteiger partial charge < -0.3 is 35.1 Å². The normalized spacial score (nSPS) is 12.7. The van der Waals surface area contributed by atoms with Crippen LogP contribution in [0.15, 0.2) is 91.4 Å². The highest BCUT2D eigenvalue weighted by molar-refractivity contribution is 6.00. The Balaban J connectivity index is 0.000000549. The molecule has 3 heterocycles. The average Bonchev–Trinajstić information content (AvgIpc) is 3.18. The highest BCUT2D eigenvalue weighted by atomic mass is 19.4. The molecule has 0 spiro atoms. The fourth-order valence-corrected chi connectivity index (χ4v) is 5.57. The van der Waals surface area contributed by atoms with Gasteiger partial charge in [-0.1, -0.05) is 19.9 Å². The van der Waals surface area contributed by atoms with Crippen LogP contribution in [0.2, 0.25) is 0 Å². The van der Waals surface area contributed by atoms with Crippen LogP contribution in [-0.4, -0.2) is 62.7 Å². The van der Waals surface area contributed by atoms with Gasteiger partial charge >= 0.3 is 12.2 Å². The number of carbonyl (C=O) groups is 2. The lowest BCUT2D eigenvalue weighted by Gasteiger charge is -2.35. The zero-order chi connectivity index (χ0) is 38.4. The number of urea groups is 1. The SMILES string of the molecule is CC.CNC1CCN(c2ccc(NC(=O)Nc3cccc(Oc4ccnc5cc(OC)c(OC)cc45)c3)cc2C(F)(F)F)CC1.O=Cc1cccnc1. The van der Waals surface area contributed by atoms with Gasteiger partial charge in [0.25, 0.3) is 0 Å². The van der Waals surface area contributed by atoms with Gasteiger partial charge in [0.2, 0.25) is 0 Å². The Morgan fingerprint density at radius 2 is 1.57 bits per heavy atom. The number of nitrogens with one attached hydrogen (secondary N) is 3. The minimum absolute atomic E-state index is 0.0266. The molecule has 1 saturated heterocycles. The van der Waals surface area contributed by atoms with E-state index in [0.717, 1.165) is 25.2 Å². The summed E-state index contributed by atoms with van der Waals surface area (Å²) in [5, 5.41) is 9.04. The molecule has 280 valence electrons. The van der Waals surface area contributed by atoms with E-state index in [4.69, 9.17) is 14.2 Å². The average molecular weight is 733 g/mol. The number of carbonyl (C=O) groups excluding carboxylic acids is 2. The molecule has 1 aliphatic rings. The number of methoxy groups -OCH3 is 2. The molecule has 0 atom stereocenters. The number of benzene rings is 3. The molecular weight excluding hydrogens is 689 g/mol. The summed E-state index contributed by atoms with van der Waals surface area (Å²) in [6.45, 7) is 5.02. The van der Waals surface area contributed by atoms with Crippen LogP contribution in [0.1, 0.15) is 42.6 Å². The summed E-state index contributed by atoms with van der Waals surface area (Å²) in [4.78, 5) is 32.6. The maximum Gasteiger partial charge on any atom is 0.418 e. The number of ether oxygens (including phenoxy) is 3. The Labute approximate surface area is 306 Å². The molecule has 5 aromatic rings. The summed E-state index contributed by atoms with van der Waals surface area (Å²) in [5.74, 6) is 1.97. The smallest absolute Gasteiger partial charge is 0.418 e. The van der Waals surface area contributed by atoms with Crippen LogP contribution in [0.5, 0.6) is 23.0 Å². The van der Waals surface area contributed by atoms with Crippen molar-refractivity contribution in [1.29, 1.82) is 0 Å². The molecular formula is C39H43F3N6O5. The van der Waals surface area contributed by atoms with Gasteiger partial charge in [-0.15, -0.1) is 0 Å². The van der Waals surface area contributed by atoms with Crippen molar-refractivity contribution in [3.05, 3.63) is 103 Å². The number of fused-ring (bicyclic) bond motifs is 1. The molecule has 53 heavy (non-hydrogen) atoms. The Kier molecular flexibility index (Phi) is 14.4. The molecule has 2 aromatic heterocycles. The van der Waals surface area contributed by atoms with Gasteiger partial charge in [-0.2, -0.15) is 13.2 Å². The number of amides is 2. The second-order valence-electron chi connectivity index (χ2n) is 11.4. The number of rotatable bonds is 9. The van der Waals surface area contributed by atoms with Crippen LogP contribution in [0.4, 0.5) is 35.0 Å². The molecule has 3 aromatic carbocycles. The summed E-state index contributed by atoms with van der Waals surface area (Å²) < 4.78 is 58.9. The number of aromatic nitrogens is 2. The molecule has 0 unspecified atom stereocenters. The van der Waals surface area contributed by atoms with Crippen molar-refractivity contribution in [2.24, 2.45) is 0 Å². The predicted octanol–water partition coefficient (Wildman–Crippen LogP) is 8.82. The monoisotopic (exact) mass is 732 g/mol. The van der Waals surface area contributed by atoms with Gasteiger partial charge in [-0.05, 0) is 74.5 Å². The lowest BCUT2D eigenvalue weighted by atomic mass is 10.0. The number of anilines is 3. The molecule has 0 aliphatic carbocycles. The van der Waals surface area contributed by atoms with Gasteiger partial charge in [0.1, 0.15) is 11.5 Å². The molecule has 3 N–H and O–H groups in total. The lowest BCUT2D eigenvalue weighted by Crippen LogP contribution is -2.41. The summed E-state index contributed by atoms with van der Waals surface area (Å²) in [5.41, 5.74) is 0.981. The first-order chi connectivity index (χ1) is 25.6. The number of piperidine rings is 1. The van der Waals surface area contributed by atoms with E-state index in [1.165, 1.54) is 32.5 Å². The highest BCUT2D eigenvalue weighted by Gasteiger charge is 2.36. The molecule has 14 heteroatoms. The van der Waals surface area contributed by atoms with E-state index in [0.29, 0.717) is 58.2 Å². The lowest BCUT2D eigenvalue weighted by molar-refractivity contribution is -0.137. The van der Waals surface area contributed by atoms with Crippen molar-refractivity contribution in [3.63, 3.8) is 0 Å². The van der Waals surface area contributed by atoms with Crippen LogP contribution >= 0.6 is 0 Å². The zero-order valence-corrected chi connectivity index (χ0v) is 30.2. The molecule has 1 fully saturated rings. The largest absolute Gasteiger partial charge is 0.493 e. The van der Waals surface area contributed by atoms with Crippen molar-refractivity contribution in [3.8, 4) is 23.0 Å².